The number of rotatable bonds is 24. The molecular weight excluding hydrogens is 791 g/mol. The summed E-state index contributed by atoms with van der Waals surface area (Å²) >= 11 is 0. The maximum Gasteiger partial charge on any atom is 0.224 e. The highest BCUT2D eigenvalue weighted by molar-refractivity contribution is 5.94. The van der Waals surface area contributed by atoms with Crippen molar-refractivity contribution in [2.24, 2.45) is 56.2 Å². The Balaban J connectivity index is 1.29. The van der Waals surface area contributed by atoms with Gasteiger partial charge in [0.2, 0.25) is 11.8 Å². The molecule has 0 heterocycles. The summed E-state index contributed by atoms with van der Waals surface area (Å²) in [5.74, 6) is -3.64. The van der Waals surface area contributed by atoms with Gasteiger partial charge in [0.1, 0.15) is 0 Å². The highest BCUT2D eigenvalue weighted by atomic mass is 16.2. The van der Waals surface area contributed by atoms with Crippen molar-refractivity contribution in [2.75, 3.05) is 13.1 Å². The van der Waals surface area contributed by atoms with E-state index >= 15 is 0 Å². The molecule has 0 aliphatic heterocycles. The molecule has 0 radical (unpaired) electrons. The minimum Gasteiger partial charge on any atom is -0.370 e. The number of aliphatic imine (C=N–C) groups is 2. The summed E-state index contributed by atoms with van der Waals surface area (Å²) in [7, 11) is 0. The maximum absolute atomic E-state index is 14.2. The van der Waals surface area contributed by atoms with Crippen LogP contribution in [0.15, 0.2) is 143 Å². The second-order valence-electron chi connectivity index (χ2n) is 15.8. The lowest BCUT2D eigenvalue weighted by molar-refractivity contribution is -0.134. The van der Waals surface area contributed by atoms with Gasteiger partial charge >= 0.3 is 0 Å². The average molecular weight is 850 g/mol. The highest BCUT2D eigenvalue weighted by Crippen LogP contribution is 2.26. The van der Waals surface area contributed by atoms with Gasteiger partial charge in [-0.05, 0) is 83.0 Å². The van der Waals surface area contributed by atoms with Crippen molar-refractivity contribution in [1.29, 1.82) is 0 Å². The Morgan fingerprint density at radius 2 is 0.857 bits per heavy atom. The second-order valence-corrected chi connectivity index (χ2v) is 15.8. The number of Topliss-reactive ketones (excluding diaryl/α,β-unsaturated/α-hetero) is 2. The molecule has 0 unspecified atom stereocenters. The number of carbonyl (C=O) groups is 4. The van der Waals surface area contributed by atoms with Crippen LogP contribution in [-0.2, 0) is 32.0 Å². The molecule has 13 nitrogen and oxygen atoms in total. The Hall–Kier alpha value is -7.12. The minimum absolute atomic E-state index is 0.0781. The molecule has 0 bridgehead atoms. The van der Waals surface area contributed by atoms with E-state index in [2.05, 4.69) is 51.7 Å². The van der Waals surface area contributed by atoms with Gasteiger partial charge in [0.25, 0.3) is 0 Å². The van der Waals surface area contributed by atoms with Crippen LogP contribution in [0.3, 0.4) is 0 Å². The van der Waals surface area contributed by atoms with Crippen molar-refractivity contribution in [3.8, 4) is 33.4 Å². The second kappa shape index (κ2) is 23.8. The van der Waals surface area contributed by atoms with E-state index in [9.17, 15) is 19.2 Å². The summed E-state index contributed by atoms with van der Waals surface area (Å²) in [6.07, 6.45) is 1.38. The fourth-order valence-corrected chi connectivity index (χ4v) is 7.46. The van der Waals surface area contributed by atoms with Crippen LogP contribution in [-0.4, -0.2) is 60.5 Å². The summed E-state index contributed by atoms with van der Waals surface area (Å²) in [6, 6.07) is 42.1. The first kappa shape index (κ1) is 46.9. The summed E-state index contributed by atoms with van der Waals surface area (Å²) in [6.45, 7) is 0.505. The zero-order chi connectivity index (χ0) is 45.1. The molecule has 5 aromatic carbocycles. The molecule has 0 saturated heterocycles. The van der Waals surface area contributed by atoms with Crippen LogP contribution in [0.4, 0.5) is 0 Å². The van der Waals surface area contributed by atoms with E-state index in [1.165, 1.54) is 0 Å². The number of nitrogens with zero attached hydrogens (tertiary/aromatic N) is 2. The molecule has 0 aromatic heterocycles. The van der Waals surface area contributed by atoms with Crippen LogP contribution in [0.2, 0.25) is 0 Å². The van der Waals surface area contributed by atoms with Crippen molar-refractivity contribution < 1.29 is 19.2 Å². The largest absolute Gasteiger partial charge is 0.370 e. The topological polar surface area (TPSA) is 261 Å². The van der Waals surface area contributed by atoms with Gasteiger partial charge in [0.15, 0.2) is 23.5 Å². The fraction of sp³-hybridized carbons (Fsp3) is 0.280. The standard InChI is InChI=1S/C50H59N9O4/c51-43(29-33-15-19-38(20-16-33)40-25-23-39(24-26-40)36-11-5-2-6-12-36)45(60)32-42(14-8-28-58-50(55)56)48(63)59-44(46(61)31-41(47(52)62)13-7-27-57-49(53)54)30-34-17-21-37(22-18-34)35-9-3-1-4-10-35/h1-6,9-12,15-26,41-44H,7-8,13-14,27-32,51H2,(H2,52,62)(H,59,63)(H4,53,54,57)(H4,55,56,58)/t41-,42-,43+,44+/m1/s1. The summed E-state index contributed by atoms with van der Waals surface area (Å²) in [5.41, 5.74) is 42.3. The molecular formula is C50H59N9O4. The monoisotopic (exact) mass is 849 g/mol. The zero-order valence-corrected chi connectivity index (χ0v) is 35.6. The molecule has 13 heteroatoms. The Bertz CT molecular complexity index is 2310. The SMILES string of the molecule is NC(=O)[C@H](CCCN=C(N)N)CC(=O)[C@H](Cc1ccc(-c2ccccc2)cc1)NC(=O)[C@H](CCCN=C(N)N)CC(=O)[C@@H](N)Cc1ccc(-c2ccc(-c3ccccc3)cc2)cc1. The molecule has 0 spiro atoms. The van der Waals surface area contributed by atoms with E-state index in [1.54, 1.807) is 0 Å². The third kappa shape index (κ3) is 15.1. The van der Waals surface area contributed by atoms with Crippen LogP contribution in [0.1, 0.15) is 49.7 Å². The van der Waals surface area contributed by atoms with Crippen molar-refractivity contribution in [1.82, 2.24) is 5.32 Å². The minimum atomic E-state index is -1.03. The summed E-state index contributed by atoms with van der Waals surface area (Å²) in [4.78, 5) is 62.6. The molecule has 328 valence electrons. The highest BCUT2D eigenvalue weighted by Gasteiger charge is 2.31. The molecule has 0 aliphatic rings. The van der Waals surface area contributed by atoms with Gasteiger partial charge in [0.05, 0.1) is 12.1 Å². The molecule has 0 aliphatic carbocycles. The van der Waals surface area contributed by atoms with Gasteiger partial charge in [-0.25, -0.2) is 0 Å². The van der Waals surface area contributed by atoms with E-state index in [0.717, 1.165) is 44.5 Å². The third-order valence-corrected chi connectivity index (χ3v) is 11.0. The van der Waals surface area contributed by atoms with Gasteiger partial charge in [0, 0.05) is 37.8 Å². The van der Waals surface area contributed by atoms with Crippen molar-refractivity contribution in [3.05, 3.63) is 145 Å². The smallest absolute Gasteiger partial charge is 0.224 e. The molecule has 5 aromatic rings. The Morgan fingerprint density at radius 1 is 0.476 bits per heavy atom. The number of amides is 2. The van der Waals surface area contributed by atoms with Gasteiger partial charge < -0.3 is 39.7 Å². The number of hydrogen-bond acceptors (Lipinski definition) is 7. The molecule has 13 N–H and O–H groups in total. The first-order chi connectivity index (χ1) is 30.4. The molecule has 5 rings (SSSR count). The molecule has 63 heavy (non-hydrogen) atoms. The van der Waals surface area contributed by atoms with Crippen LogP contribution in [0.25, 0.3) is 33.4 Å². The van der Waals surface area contributed by atoms with Gasteiger partial charge in [-0.3, -0.25) is 29.2 Å². The number of ketones is 2. The van der Waals surface area contributed by atoms with E-state index in [4.69, 9.17) is 34.4 Å². The van der Waals surface area contributed by atoms with E-state index < -0.39 is 35.7 Å². The van der Waals surface area contributed by atoms with Crippen LogP contribution < -0.4 is 39.7 Å². The lowest BCUT2D eigenvalue weighted by Crippen LogP contribution is -2.47. The number of primary amides is 1. The van der Waals surface area contributed by atoms with Crippen LogP contribution in [0.5, 0.6) is 0 Å². The summed E-state index contributed by atoms with van der Waals surface area (Å²) in [5, 5.41) is 2.94. The first-order valence-corrected chi connectivity index (χ1v) is 21.3. The van der Waals surface area contributed by atoms with Crippen molar-refractivity contribution in [2.45, 2.75) is 63.5 Å². The predicted octanol–water partition coefficient (Wildman–Crippen LogP) is 5.03. The number of nitrogens with one attached hydrogen (secondary N) is 1. The fourth-order valence-electron chi connectivity index (χ4n) is 7.46. The number of guanidine groups is 2. The Morgan fingerprint density at radius 3 is 1.29 bits per heavy atom. The predicted molar refractivity (Wildman–Crippen MR) is 252 cm³/mol. The van der Waals surface area contributed by atoms with Crippen molar-refractivity contribution >= 4 is 35.3 Å². The summed E-state index contributed by atoms with van der Waals surface area (Å²) < 4.78 is 0. The molecule has 0 saturated carbocycles. The Kier molecular flexibility index (Phi) is 17.7. The van der Waals surface area contributed by atoms with Gasteiger partial charge in [-0.1, -0.05) is 133 Å². The number of nitrogens with two attached hydrogens (primary N) is 6. The van der Waals surface area contributed by atoms with E-state index in [1.807, 2.05) is 97.1 Å². The number of carbonyl (C=O) groups excluding carboxylic acids is 4. The maximum atomic E-state index is 14.2. The van der Waals surface area contributed by atoms with Crippen LogP contribution >= 0.6 is 0 Å². The molecule has 2 amide bonds. The van der Waals surface area contributed by atoms with Gasteiger partial charge in [-0.15, -0.1) is 0 Å². The number of benzene rings is 5. The average Bonchev–Trinajstić information content (AvgIpc) is 3.28. The third-order valence-electron chi connectivity index (χ3n) is 11.0. The lowest BCUT2D eigenvalue weighted by atomic mass is 9.89. The lowest BCUT2D eigenvalue weighted by Gasteiger charge is -2.24. The molecule has 0 fully saturated rings. The zero-order valence-electron chi connectivity index (χ0n) is 35.6. The molecule has 4 atom stereocenters. The van der Waals surface area contributed by atoms with Crippen LogP contribution in [0, 0.1) is 11.8 Å². The normalized spacial score (nSPS) is 12.8. The quantitative estimate of drug-likeness (QED) is 0.0249. The number of hydrogen-bond donors (Lipinski definition) is 7. The Labute approximate surface area is 369 Å². The van der Waals surface area contributed by atoms with E-state index in [0.29, 0.717) is 12.8 Å². The van der Waals surface area contributed by atoms with Crippen molar-refractivity contribution in [3.63, 3.8) is 0 Å². The van der Waals surface area contributed by atoms with Gasteiger partial charge in [-0.2, -0.15) is 0 Å². The first-order valence-electron chi connectivity index (χ1n) is 21.3. The van der Waals surface area contributed by atoms with E-state index in [-0.39, 0.29) is 75.1 Å².